The van der Waals surface area contributed by atoms with Crippen molar-refractivity contribution in [2.24, 2.45) is 0 Å². The van der Waals surface area contributed by atoms with Crippen LogP contribution in [0.25, 0.3) is 10.4 Å². The number of hydrogen-bond acceptors (Lipinski definition) is 2. The number of nitrogens with one attached hydrogen (secondary N) is 1. The molecule has 17 heavy (non-hydrogen) atoms. The molecule has 2 aromatic rings. The van der Waals surface area contributed by atoms with Crippen LogP contribution in [0.3, 0.4) is 0 Å². The van der Waals surface area contributed by atoms with Gasteiger partial charge >= 0.3 is 0 Å². The molecule has 0 bridgehead atoms. The average Bonchev–Trinajstić information content (AvgIpc) is 2.80. The fraction of sp³-hybridized carbons (Fsp3) is 0.286. The summed E-state index contributed by atoms with van der Waals surface area (Å²) in [6, 6.07) is 12.8. The molecule has 1 atom stereocenters. The molecule has 1 aromatic heterocycles. The Kier molecular flexibility index (Phi) is 4.21. The molecule has 0 aliphatic heterocycles. The molecule has 1 aromatic carbocycles. The summed E-state index contributed by atoms with van der Waals surface area (Å²) in [6.45, 7) is 5.32. The zero-order chi connectivity index (χ0) is 12.3. The minimum atomic E-state index is 0.422. The summed E-state index contributed by atoms with van der Waals surface area (Å²) in [5.74, 6) is 0. The molecule has 0 aliphatic rings. The standard InChI is InChI=1S/C14H16ClNS/c1-3-16-10(2)13-8-9-14(17-13)11-4-6-12(15)7-5-11/h4-10,16H,3H2,1-2H3. The fourth-order valence-corrected chi connectivity index (χ4v) is 2.93. The molecule has 0 saturated carbocycles. The molecule has 0 spiro atoms. The molecule has 1 unspecified atom stereocenters. The van der Waals surface area contributed by atoms with Gasteiger partial charge in [-0.2, -0.15) is 0 Å². The Morgan fingerprint density at radius 2 is 1.88 bits per heavy atom. The van der Waals surface area contributed by atoms with E-state index >= 15 is 0 Å². The Hall–Kier alpha value is -0.830. The van der Waals surface area contributed by atoms with Crippen LogP contribution >= 0.6 is 22.9 Å². The van der Waals surface area contributed by atoms with E-state index in [1.165, 1.54) is 15.3 Å². The molecule has 0 aliphatic carbocycles. The van der Waals surface area contributed by atoms with Crippen LogP contribution in [0.5, 0.6) is 0 Å². The number of hydrogen-bond donors (Lipinski definition) is 1. The SMILES string of the molecule is CCNC(C)c1ccc(-c2ccc(Cl)cc2)s1. The molecular weight excluding hydrogens is 250 g/mol. The first-order valence-corrected chi connectivity index (χ1v) is 6.99. The minimum absolute atomic E-state index is 0.422. The van der Waals surface area contributed by atoms with Gasteiger partial charge in [-0.1, -0.05) is 30.7 Å². The highest BCUT2D eigenvalue weighted by Crippen LogP contribution is 2.31. The van der Waals surface area contributed by atoms with Crippen molar-refractivity contribution < 1.29 is 0 Å². The number of halogens is 1. The van der Waals surface area contributed by atoms with E-state index in [-0.39, 0.29) is 0 Å². The maximum absolute atomic E-state index is 5.89. The van der Waals surface area contributed by atoms with Crippen LogP contribution in [0.15, 0.2) is 36.4 Å². The first kappa shape index (κ1) is 12.6. The average molecular weight is 266 g/mol. The van der Waals surface area contributed by atoms with Gasteiger partial charge in [0.2, 0.25) is 0 Å². The van der Waals surface area contributed by atoms with Gasteiger partial charge in [0, 0.05) is 20.8 Å². The van der Waals surface area contributed by atoms with Crippen LogP contribution in [0.2, 0.25) is 5.02 Å². The predicted octanol–water partition coefficient (Wildman–Crippen LogP) is 4.74. The van der Waals surface area contributed by atoms with E-state index in [2.05, 4.69) is 43.4 Å². The number of thiophene rings is 1. The molecule has 0 fully saturated rings. The third kappa shape index (κ3) is 3.09. The molecule has 3 heteroatoms. The summed E-state index contributed by atoms with van der Waals surface area (Å²) >= 11 is 7.72. The molecule has 1 N–H and O–H groups in total. The summed E-state index contributed by atoms with van der Waals surface area (Å²) in [6.07, 6.45) is 0. The monoisotopic (exact) mass is 265 g/mol. The smallest absolute Gasteiger partial charge is 0.0406 e. The Morgan fingerprint density at radius 1 is 1.18 bits per heavy atom. The van der Waals surface area contributed by atoms with Crippen LogP contribution in [0, 0.1) is 0 Å². The van der Waals surface area contributed by atoms with Crippen LogP contribution < -0.4 is 5.32 Å². The molecule has 1 heterocycles. The maximum atomic E-state index is 5.89. The second kappa shape index (κ2) is 5.67. The highest BCUT2D eigenvalue weighted by atomic mass is 35.5. The molecular formula is C14H16ClNS. The van der Waals surface area contributed by atoms with Crippen LogP contribution in [0.4, 0.5) is 0 Å². The lowest BCUT2D eigenvalue weighted by Gasteiger charge is -2.08. The Balaban J connectivity index is 2.20. The summed E-state index contributed by atoms with van der Waals surface area (Å²) in [5, 5.41) is 4.21. The van der Waals surface area contributed by atoms with Gasteiger partial charge < -0.3 is 5.32 Å². The van der Waals surface area contributed by atoms with Crippen molar-refractivity contribution in [1.82, 2.24) is 5.32 Å². The second-order valence-electron chi connectivity index (χ2n) is 3.99. The summed E-state index contributed by atoms with van der Waals surface area (Å²) in [5.41, 5.74) is 1.23. The lowest BCUT2D eigenvalue weighted by Crippen LogP contribution is -2.16. The largest absolute Gasteiger partial charge is 0.310 e. The highest BCUT2D eigenvalue weighted by Gasteiger charge is 2.08. The fourth-order valence-electron chi connectivity index (χ4n) is 1.76. The van der Waals surface area contributed by atoms with Crippen molar-refractivity contribution in [2.45, 2.75) is 19.9 Å². The summed E-state index contributed by atoms with van der Waals surface area (Å²) in [7, 11) is 0. The van der Waals surface area contributed by atoms with Gasteiger partial charge in [0.1, 0.15) is 0 Å². The molecule has 0 radical (unpaired) electrons. The number of benzene rings is 1. The molecule has 2 rings (SSSR count). The molecule has 0 amide bonds. The van der Waals surface area contributed by atoms with Crippen molar-refractivity contribution in [2.75, 3.05) is 6.54 Å². The van der Waals surface area contributed by atoms with E-state index < -0.39 is 0 Å². The minimum Gasteiger partial charge on any atom is -0.310 e. The van der Waals surface area contributed by atoms with E-state index in [0.717, 1.165) is 11.6 Å². The Morgan fingerprint density at radius 3 is 2.53 bits per heavy atom. The first-order valence-electron chi connectivity index (χ1n) is 5.79. The molecule has 0 saturated heterocycles. The Bertz CT molecular complexity index is 475. The summed E-state index contributed by atoms with van der Waals surface area (Å²) < 4.78 is 0. The first-order chi connectivity index (χ1) is 8.20. The topological polar surface area (TPSA) is 12.0 Å². The van der Waals surface area contributed by atoms with Crippen molar-refractivity contribution in [3.63, 3.8) is 0 Å². The van der Waals surface area contributed by atoms with Gasteiger partial charge in [-0.3, -0.25) is 0 Å². The predicted molar refractivity (Wildman–Crippen MR) is 76.9 cm³/mol. The van der Waals surface area contributed by atoms with Gasteiger partial charge in [0.15, 0.2) is 0 Å². The van der Waals surface area contributed by atoms with Gasteiger partial charge in [0.05, 0.1) is 0 Å². The van der Waals surface area contributed by atoms with Crippen molar-refractivity contribution in [1.29, 1.82) is 0 Å². The zero-order valence-electron chi connectivity index (χ0n) is 10.0. The van der Waals surface area contributed by atoms with Gasteiger partial charge in [-0.15, -0.1) is 11.3 Å². The van der Waals surface area contributed by atoms with E-state index in [9.17, 15) is 0 Å². The van der Waals surface area contributed by atoms with E-state index in [0.29, 0.717) is 6.04 Å². The van der Waals surface area contributed by atoms with Crippen molar-refractivity contribution in [3.8, 4) is 10.4 Å². The molecule has 1 nitrogen and oxygen atoms in total. The van der Waals surface area contributed by atoms with Crippen LogP contribution in [-0.4, -0.2) is 6.54 Å². The normalized spacial score (nSPS) is 12.6. The van der Waals surface area contributed by atoms with Crippen molar-refractivity contribution >= 4 is 22.9 Å². The van der Waals surface area contributed by atoms with E-state index in [1.807, 2.05) is 23.5 Å². The lowest BCUT2D eigenvalue weighted by molar-refractivity contribution is 0.607. The van der Waals surface area contributed by atoms with Gasteiger partial charge in [-0.25, -0.2) is 0 Å². The Labute approximate surface area is 111 Å². The van der Waals surface area contributed by atoms with E-state index in [4.69, 9.17) is 11.6 Å². The number of rotatable bonds is 4. The third-order valence-electron chi connectivity index (χ3n) is 2.69. The summed E-state index contributed by atoms with van der Waals surface area (Å²) in [4.78, 5) is 2.67. The molecule has 90 valence electrons. The van der Waals surface area contributed by atoms with Crippen LogP contribution in [-0.2, 0) is 0 Å². The maximum Gasteiger partial charge on any atom is 0.0406 e. The van der Waals surface area contributed by atoms with Gasteiger partial charge in [-0.05, 0) is 43.3 Å². The zero-order valence-corrected chi connectivity index (χ0v) is 11.6. The third-order valence-corrected chi connectivity index (χ3v) is 4.26. The second-order valence-corrected chi connectivity index (χ2v) is 5.54. The van der Waals surface area contributed by atoms with Crippen molar-refractivity contribution in [3.05, 3.63) is 46.3 Å². The van der Waals surface area contributed by atoms with Gasteiger partial charge in [0.25, 0.3) is 0 Å². The van der Waals surface area contributed by atoms with E-state index in [1.54, 1.807) is 0 Å². The lowest BCUT2D eigenvalue weighted by atomic mass is 10.2. The highest BCUT2D eigenvalue weighted by molar-refractivity contribution is 7.15. The quantitative estimate of drug-likeness (QED) is 0.842. The van der Waals surface area contributed by atoms with Crippen LogP contribution in [0.1, 0.15) is 24.8 Å².